The molecule has 4 rings (SSSR count). The summed E-state index contributed by atoms with van der Waals surface area (Å²) in [7, 11) is 3.50. The molecule has 114 valence electrons. The van der Waals surface area contributed by atoms with Crippen molar-refractivity contribution in [1.82, 2.24) is 4.57 Å². The lowest BCUT2D eigenvalue weighted by Crippen LogP contribution is -2.26. The quantitative estimate of drug-likeness (QED) is 0.535. The Labute approximate surface area is 132 Å². The fraction of sp³-hybridized carbons (Fsp3) is 0.111. The molecule has 0 radical (unpaired) electrons. The van der Waals surface area contributed by atoms with Gasteiger partial charge in [-0.15, -0.1) is 0 Å². The van der Waals surface area contributed by atoms with Crippen LogP contribution in [0.2, 0.25) is 0 Å². The maximum atomic E-state index is 12.2. The van der Waals surface area contributed by atoms with Crippen LogP contribution in [0.4, 0.5) is 0 Å². The molecule has 0 amide bonds. The van der Waals surface area contributed by atoms with E-state index in [1.807, 2.05) is 65.0 Å². The van der Waals surface area contributed by atoms with Gasteiger partial charge < -0.3 is 9.15 Å². The van der Waals surface area contributed by atoms with Gasteiger partial charge in [0.15, 0.2) is 0 Å². The normalized spacial score (nSPS) is 11.2. The third kappa shape index (κ3) is 2.01. The monoisotopic (exact) mass is 307 g/mol. The van der Waals surface area contributed by atoms with Crippen LogP contribution in [0.5, 0.6) is 5.75 Å². The van der Waals surface area contributed by atoms with E-state index in [1.54, 1.807) is 13.2 Å². The minimum atomic E-state index is -0.323. The van der Waals surface area contributed by atoms with Crippen molar-refractivity contribution in [2.75, 3.05) is 7.11 Å². The van der Waals surface area contributed by atoms with E-state index in [-0.39, 0.29) is 5.63 Å². The van der Waals surface area contributed by atoms with Crippen LogP contribution in [-0.4, -0.2) is 11.7 Å². The number of ether oxygens (including phenoxy) is 1. The van der Waals surface area contributed by atoms with Crippen LogP contribution in [0.15, 0.2) is 64.1 Å². The standard InChI is InChI=1S/C18H15N2O3/c1-19-11-20(12-7-9-13(22-2)10-8-12)16-14-5-3-4-6-15(14)18(21)23-17(16)19/h3-11H,1-2H3/q+1. The van der Waals surface area contributed by atoms with E-state index < -0.39 is 0 Å². The minimum Gasteiger partial charge on any atom is -0.497 e. The molecule has 0 bridgehead atoms. The molecule has 23 heavy (non-hydrogen) atoms. The van der Waals surface area contributed by atoms with Crippen molar-refractivity contribution in [3.8, 4) is 11.4 Å². The third-order valence-electron chi connectivity index (χ3n) is 3.99. The molecule has 0 saturated carbocycles. The molecule has 5 nitrogen and oxygen atoms in total. The predicted octanol–water partition coefficient (Wildman–Crippen LogP) is 2.57. The Balaban J connectivity index is 2.11. The van der Waals surface area contributed by atoms with Gasteiger partial charge in [0.2, 0.25) is 5.52 Å². The molecule has 0 N–H and O–H groups in total. The number of imidazole rings is 1. The highest BCUT2D eigenvalue weighted by atomic mass is 16.5. The van der Waals surface area contributed by atoms with Crippen LogP contribution in [0.3, 0.4) is 0 Å². The number of hydrogen-bond donors (Lipinski definition) is 0. The fourth-order valence-corrected chi connectivity index (χ4v) is 2.87. The number of aromatic nitrogens is 2. The van der Waals surface area contributed by atoms with Crippen molar-refractivity contribution in [3.05, 3.63) is 65.3 Å². The molecule has 5 heteroatoms. The van der Waals surface area contributed by atoms with E-state index in [9.17, 15) is 4.79 Å². The van der Waals surface area contributed by atoms with E-state index >= 15 is 0 Å². The van der Waals surface area contributed by atoms with Gasteiger partial charge in [-0.25, -0.2) is 9.36 Å². The summed E-state index contributed by atoms with van der Waals surface area (Å²) in [6.07, 6.45) is 1.90. The zero-order chi connectivity index (χ0) is 16.0. The molecule has 0 atom stereocenters. The second-order valence-electron chi connectivity index (χ2n) is 5.38. The first-order valence-electron chi connectivity index (χ1n) is 7.26. The summed E-state index contributed by atoms with van der Waals surface area (Å²) < 4.78 is 14.6. The number of hydrogen-bond acceptors (Lipinski definition) is 3. The Bertz CT molecular complexity index is 1080. The van der Waals surface area contributed by atoms with Crippen molar-refractivity contribution in [2.24, 2.45) is 7.05 Å². The van der Waals surface area contributed by atoms with Crippen LogP contribution < -0.4 is 14.9 Å². The van der Waals surface area contributed by atoms with Crippen molar-refractivity contribution >= 4 is 22.0 Å². The van der Waals surface area contributed by atoms with E-state index in [2.05, 4.69) is 0 Å². The van der Waals surface area contributed by atoms with Crippen LogP contribution >= 0.6 is 0 Å². The maximum absolute atomic E-state index is 12.2. The number of aryl methyl sites for hydroxylation is 1. The summed E-state index contributed by atoms with van der Waals surface area (Å²) in [5, 5.41) is 1.45. The topological polar surface area (TPSA) is 48.2 Å². The Morgan fingerprint density at radius 1 is 1.04 bits per heavy atom. The van der Waals surface area contributed by atoms with Gasteiger partial charge in [-0.3, -0.25) is 0 Å². The number of methoxy groups -OCH3 is 1. The Morgan fingerprint density at radius 3 is 2.43 bits per heavy atom. The lowest BCUT2D eigenvalue weighted by atomic mass is 10.1. The first kappa shape index (κ1) is 13.6. The fourth-order valence-electron chi connectivity index (χ4n) is 2.87. The molecule has 0 saturated heterocycles. The summed E-state index contributed by atoms with van der Waals surface area (Å²) >= 11 is 0. The van der Waals surface area contributed by atoms with Gasteiger partial charge in [-0.1, -0.05) is 12.1 Å². The van der Waals surface area contributed by atoms with E-state index in [1.165, 1.54) is 0 Å². The van der Waals surface area contributed by atoms with Crippen molar-refractivity contribution < 1.29 is 13.7 Å². The Morgan fingerprint density at radius 2 is 1.74 bits per heavy atom. The second kappa shape index (κ2) is 4.98. The average molecular weight is 307 g/mol. The molecule has 2 heterocycles. The molecular formula is C18H15N2O3+. The largest absolute Gasteiger partial charge is 0.497 e. The van der Waals surface area contributed by atoms with Crippen molar-refractivity contribution in [2.45, 2.75) is 0 Å². The zero-order valence-electron chi connectivity index (χ0n) is 12.8. The highest BCUT2D eigenvalue weighted by Crippen LogP contribution is 2.24. The molecule has 0 spiro atoms. The Hall–Kier alpha value is -3.08. The molecule has 0 fully saturated rings. The number of benzene rings is 2. The molecule has 0 unspecified atom stereocenters. The van der Waals surface area contributed by atoms with Crippen LogP contribution in [0.25, 0.3) is 27.7 Å². The SMILES string of the molecule is COc1ccc(-n2c[n+](C)c3oc(=O)c4ccccc4c32)cc1. The number of nitrogens with zero attached hydrogens (tertiary/aromatic N) is 2. The first-order valence-corrected chi connectivity index (χ1v) is 7.26. The third-order valence-corrected chi connectivity index (χ3v) is 3.99. The number of rotatable bonds is 2. The summed E-state index contributed by atoms with van der Waals surface area (Å²) in [6.45, 7) is 0. The van der Waals surface area contributed by atoms with Gasteiger partial charge in [0, 0.05) is 5.39 Å². The summed E-state index contributed by atoms with van der Waals surface area (Å²) in [6, 6.07) is 15.2. The average Bonchev–Trinajstić information content (AvgIpc) is 2.92. The van der Waals surface area contributed by atoms with Gasteiger partial charge in [-0.05, 0) is 36.4 Å². The maximum Gasteiger partial charge on any atom is 0.347 e. The summed E-state index contributed by atoms with van der Waals surface area (Å²) in [5.41, 5.74) is 2.06. The van der Waals surface area contributed by atoms with E-state index in [0.29, 0.717) is 11.1 Å². The predicted molar refractivity (Wildman–Crippen MR) is 87.0 cm³/mol. The minimum absolute atomic E-state index is 0.323. The summed E-state index contributed by atoms with van der Waals surface area (Å²) in [4.78, 5) is 12.2. The van der Waals surface area contributed by atoms with Gasteiger partial charge in [0.1, 0.15) is 11.4 Å². The molecule has 0 aliphatic carbocycles. The van der Waals surface area contributed by atoms with Crippen LogP contribution in [-0.2, 0) is 7.05 Å². The highest BCUT2D eigenvalue weighted by molar-refractivity contribution is 6.00. The van der Waals surface area contributed by atoms with Gasteiger partial charge in [0.05, 0.1) is 19.5 Å². The molecule has 0 aliphatic heterocycles. The molecule has 0 aliphatic rings. The first-order chi connectivity index (χ1) is 11.2. The number of fused-ring (bicyclic) bond motifs is 3. The Kier molecular flexibility index (Phi) is 2.94. The van der Waals surface area contributed by atoms with E-state index in [0.717, 1.165) is 22.3 Å². The second-order valence-corrected chi connectivity index (χ2v) is 5.38. The lowest BCUT2D eigenvalue weighted by molar-refractivity contribution is -0.652. The molecule has 2 aromatic heterocycles. The van der Waals surface area contributed by atoms with Crippen molar-refractivity contribution in [1.29, 1.82) is 0 Å². The van der Waals surface area contributed by atoms with Crippen molar-refractivity contribution in [3.63, 3.8) is 0 Å². The zero-order valence-corrected chi connectivity index (χ0v) is 12.8. The molecule has 2 aromatic carbocycles. The molecular weight excluding hydrogens is 292 g/mol. The highest BCUT2D eigenvalue weighted by Gasteiger charge is 2.22. The lowest BCUT2D eigenvalue weighted by Gasteiger charge is -2.01. The smallest absolute Gasteiger partial charge is 0.347 e. The van der Waals surface area contributed by atoms with Crippen LogP contribution in [0, 0.1) is 0 Å². The summed E-state index contributed by atoms with van der Waals surface area (Å²) in [5.74, 6) is 0.797. The van der Waals surface area contributed by atoms with E-state index in [4.69, 9.17) is 9.15 Å². The van der Waals surface area contributed by atoms with Gasteiger partial charge in [0.25, 0.3) is 6.33 Å². The molecule has 4 aromatic rings. The van der Waals surface area contributed by atoms with Gasteiger partial charge in [-0.2, -0.15) is 4.57 Å². The van der Waals surface area contributed by atoms with Gasteiger partial charge >= 0.3 is 11.3 Å². The van der Waals surface area contributed by atoms with Crippen LogP contribution in [0.1, 0.15) is 0 Å².